The Labute approximate surface area is 143 Å². The lowest BCUT2D eigenvalue weighted by molar-refractivity contribution is 0.0547. The highest BCUT2D eigenvalue weighted by molar-refractivity contribution is 5.74. The number of urea groups is 1. The van der Waals surface area contributed by atoms with Crippen molar-refractivity contribution in [2.24, 2.45) is 5.92 Å². The number of ether oxygens (including phenoxy) is 2. The summed E-state index contributed by atoms with van der Waals surface area (Å²) in [4.78, 5) is 12.5. The Kier molecular flexibility index (Phi) is 5.79. The maximum Gasteiger partial charge on any atom is 0.315 e. The summed E-state index contributed by atoms with van der Waals surface area (Å²) in [5.74, 6) is 2.08. The number of amides is 2. The molecule has 1 saturated carbocycles. The topological polar surface area (TPSA) is 72.7 Å². The van der Waals surface area contributed by atoms with E-state index >= 15 is 0 Å². The third-order valence-corrected chi connectivity index (χ3v) is 5.11. The van der Waals surface area contributed by atoms with Gasteiger partial charge in [0.1, 0.15) is 17.6 Å². The van der Waals surface area contributed by atoms with E-state index < -0.39 is 0 Å². The highest BCUT2D eigenvalue weighted by atomic mass is 16.5. The van der Waals surface area contributed by atoms with Crippen LogP contribution in [-0.2, 0) is 15.9 Å². The smallest absolute Gasteiger partial charge is 0.315 e. The quantitative estimate of drug-likeness (QED) is 0.838. The highest BCUT2D eigenvalue weighted by Gasteiger charge is 2.38. The molecule has 1 saturated heterocycles. The number of furan rings is 1. The van der Waals surface area contributed by atoms with Gasteiger partial charge in [-0.05, 0) is 37.8 Å². The van der Waals surface area contributed by atoms with Crippen LogP contribution in [-0.4, -0.2) is 38.5 Å². The molecule has 2 amide bonds. The fourth-order valence-electron chi connectivity index (χ4n) is 3.86. The normalized spacial score (nSPS) is 27.5. The molecule has 0 spiro atoms. The minimum atomic E-state index is -0.283. The molecule has 3 rings (SSSR count). The molecular formula is C18H28N2O4. The third-order valence-electron chi connectivity index (χ3n) is 5.11. The number of fused-ring (bicyclic) bond motifs is 1. The van der Waals surface area contributed by atoms with Gasteiger partial charge in [-0.25, -0.2) is 4.79 Å². The van der Waals surface area contributed by atoms with Crippen molar-refractivity contribution in [2.75, 3.05) is 20.3 Å². The van der Waals surface area contributed by atoms with Gasteiger partial charge in [-0.3, -0.25) is 0 Å². The standard InChI is InChI=1S/C18H28N2O4/c1-3-12-7-8-17(24-12)15(11-22-2)20-18(21)19-14-5-4-6-16-13(14)9-10-23-16/h7-8,13-16H,3-6,9-11H2,1-2H3,(H2,19,20,21)/t13-,14-,15+,16+/m1/s1. The van der Waals surface area contributed by atoms with Gasteiger partial charge in [-0.15, -0.1) is 0 Å². The van der Waals surface area contributed by atoms with Gasteiger partial charge in [0.05, 0.1) is 12.7 Å². The summed E-state index contributed by atoms with van der Waals surface area (Å²) in [6.07, 6.45) is 5.42. The fraction of sp³-hybridized carbons (Fsp3) is 0.722. The minimum absolute atomic E-state index is 0.163. The molecule has 2 aliphatic rings. The van der Waals surface area contributed by atoms with E-state index in [1.165, 1.54) is 0 Å². The second kappa shape index (κ2) is 8.03. The number of nitrogens with one attached hydrogen (secondary N) is 2. The molecule has 0 radical (unpaired) electrons. The molecule has 1 aliphatic carbocycles. The van der Waals surface area contributed by atoms with Crippen LogP contribution in [0.25, 0.3) is 0 Å². The summed E-state index contributed by atoms with van der Waals surface area (Å²) in [7, 11) is 1.62. The van der Waals surface area contributed by atoms with E-state index in [9.17, 15) is 4.79 Å². The van der Waals surface area contributed by atoms with Gasteiger partial charge in [0.2, 0.25) is 0 Å². The average molecular weight is 336 g/mol. The Morgan fingerprint density at radius 3 is 3.00 bits per heavy atom. The predicted molar refractivity (Wildman–Crippen MR) is 89.9 cm³/mol. The minimum Gasteiger partial charge on any atom is -0.464 e. The van der Waals surface area contributed by atoms with Crippen LogP contribution in [0.15, 0.2) is 16.5 Å². The summed E-state index contributed by atoms with van der Waals surface area (Å²) in [6, 6.07) is 3.60. The van der Waals surface area contributed by atoms with Gasteiger partial charge < -0.3 is 24.5 Å². The van der Waals surface area contributed by atoms with Gasteiger partial charge >= 0.3 is 6.03 Å². The molecule has 0 aromatic carbocycles. The average Bonchev–Trinajstić information content (AvgIpc) is 3.24. The van der Waals surface area contributed by atoms with Crippen molar-refractivity contribution in [3.05, 3.63) is 23.7 Å². The molecule has 2 fully saturated rings. The van der Waals surface area contributed by atoms with Crippen LogP contribution in [0.1, 0.15) is 50.2 Å². The Morgan fingerprint density at radius 2 is 2.25 bits per heavy atom. The van der Waals surface area contributed by atoms with Crippen LogP contribution in [0.2, 0.25) is 0 Å². The molecule has 4 atom stereocenters. The van der Waals surface area contributed by atoms with Gasteiger partial charge in [-0.2, -0.15) is 0 Å². The molecule has 0 bridgehead atoms. The number of carbonyl (C=O) groups is 1. The van der Waals surface area contributed by atoms with E-state index in [1.807, 2.05) is 19.1 Å². The monoisotopic (exact) mass is 336 g/mol. The van der Waals surface area contributed by atoms with Crippen LogP contribution >= 0.6 is 0 Å². The predicted octanol–water partition coefficient (Wildman–Crippen LogP) is 2.79. The number of carbonyl (C=O) groups excluding carboxylic acids is 1. The van der Waals surface area contributed by atoms with Crippen molar-refractivity contribution in [3.63, 3.8) is 0 Å². The maximum absolute atomic E-state index is 12.5. The zero-order valence-corrected chi connectivity index (χ0v) is 14.5. The lowest BCUT2D eigenvalue weighted by Crippen LogP contribution is -2.50. The van der Waals surface area contributed by atoms with Crippen LogP contribution < -0.4 is 10.6 Å². The molecule has 134 valence electrons. The lowest BCUT2D eigenvalue weighted by Gasteiger charge is -2.33. The second-order valence-corrected chi connectivity index (χ2v) is 6.68. The largest absolute Gasteiger partial charge is 0.464 e. The number of methoxy groups -OCH3 is 1. The van der Waals surface area contributed by atoms with E-state index in [0.717, 1.165) is 50.2 Å². The summed E-state index contributed by atoms with van der Waals surface area (Å²) >= 11 is 0. The summed E-state index contributed by atoms with van der Waals surface area (Å²) in [5.41, 5.74) is 0. The fourth-order valence-corrected chi connectivity index (χ4v) is 3.86. The molecular weight excluding hydrogens is 308 g/mol. The molecule has 2 heterocycles. The van der Waals surface area contributed by atoms with Gasteiger partial charge in [0.25, 0.3) is 0 Å². The zero-order chi connectivity index (χ0) is 16.9. The number of hydrogen-bond donors (Lipinski definition) is 2. The number of hydrogen-bond acceptors (Lipinski definition) is 4. The van der Waals surface area contributed by atoms with E-state index in [4.69, 9.17) is 13.9 Å². The van der Waals surface area contributed by atoms with Crippen molar-refractivity contribution in [2.45, 2.75) is 57.2 Å². The molecule has 1 aliphatic heterocycles. The summed E-state index contributed by atoms with van der Waals surface area (Å²) in [5, 5.41) is 6.13. The Morgan fingerprint density at radius 1 is 1.38 bits per heavy atom. The van der Waals surface area contributed by atoms with E-state index in [1.54, 1.807) is 7.11 Å². The van der Waals surface area contributed by atoms with Crippen LogP contribution in [0.3, 0.4) is 0 Å². The maximum atomic E-state index is 12.5. The zero-order valence-electron chi connectivity index (χ0n) is 14.5. The molecule has 6 nitrogen and oxygen atoms in total. The van der Waals surface area contributed by atoms with E-state index in [-0.39, 0.29) is 18.1 Å². The van der Waals surface area contributed by atoms with E-state index in [2.05, 4.69) is 10.6 Å². The van der Waals surface area contributed by atoms with Crippen LogP contribution in [0, 0.1) is 5.92 Å². The molecule has 1 aromatic rings. The molecule has 1 aromatic heterocycles. The first-order valence-electron chi connectivity index (χ1n) is 8.97. The van der Waals surface area contributed by atoms with Crippen molar-refractivity contribution in [1.82, 2.24) is 10.6 Å². The summed E-state index contributed by atoms with van der Waals surface area (Å²) in [6.45, 7) is 3.23. The third kappa shape index (κ3) is 3.92. The Balaban J connectivity index is 1.58. The Bertz CT molecular complexity index is 545. The van der Waals surface area contributed by atoms with Crippen molar-refractivity contribution in [1.29, 1.82) is 0 Å². The first-order valence-corrected chi connectivity index (χ1v) is 8.97. The first-order chi connectivity index (χ1) is 11.7. The molecule has 0 unspecified atom stereocenters. The second-order valence-electron chi connectivity index (χ2n) is 6.68. The SMILES string of the molecule is CCc1ccc([C@H](COC)NC(=O)N[C@@H]2CCC[C@@H]3OCC[C@@H]32)o1. The van der Waals surface area contributed by atoms with E-state index in [0.29, 0.717) is 18.6 Å². The number of rotatable bonds is 6. The van der Waals surface area contributed by atoms with Crippen LogP contribution in [0.5, 0.6) is 0 Å². The van der Waals surface area contributed by atoms with Gasteiger partial charge in [0, 0.05) is 32.1 Å². The molecule has 2 N–H and O–H groups in total. The lowest BCUT2D eigenvalue weighted by atomic mass is 9.82. The molecule has 24 heavy (non-hydrogen) atoms. The molecule has 6 heteroatoms. The number of aryl methyl sites for hydroxylation is 1. The summed E-state index contributed by atoms with van der Waals surface area (Å²) < 4.78 is 16.8. The van der Waals surface area contributed by atoms with Crippen molar-refractivity contribution >= 4 is 6.03 Å². The van der Waals surface area contributed by atoms with Crippen molar-refractivity contribution in [3.8, 4) is 0 Å². The Hall–Kier alpha value is -1.53. The van der Waals surface area contributed by atoms with Gasteiger partial charge in [0.15, 0.2) is 0 Å². The van der Waals surface area contributed by atoms with Crippen molar-refractivity contribution < 1.29 is 18.7 Å². The van der Waals surface area contributed by atoms with Gasteiger partial charge in [-0.1, -0.05) is 6.92 Å². The highest BCUT2D eigenvalue weighted by Crippen LogP contribution is 2.34. The first kappa shape index (κ1) is 17.3. The van der Waals surface area contributed by atoms with Crippen LogP contribution in [0.4, 0.5) is 4.79 Å².